The summed E-state index contributed by atoms with van der Waals surface area (Å²) in [5, 5.41) is 192. The van der Waals surface area contributed by atoms with E-state index in [2.05, 4.69) is 0 Å². The first-order valence-electron chi connectivity index (χ1n) is 19.7. The maximum absolute atomic E-state index is 13.2. The zero-order valence-corrected chi connectivity index (χ0v) is 33.7. The first-order valence-corrected chi connectivity index (χ1v) is 19.7. The predicted molar refractivity (Wildman–Crippen MR) is 194 cm³/mol. The molecule has 4 heterocycles. The smallest absolute Gasteiger partial charge is 0.364 e. The van der Waals surface area contributed by atoms with Crippen LogP contribution in [0.3, 0.4) is 0 Å². The molecule has 4 saturated heterocycles. The number of carboxylic acids is 2. The molecule has 0 bridgehead atoms. The Hall–Kier alpha value is -3.04. The van der Waals surface area contributed by atoms with E-state index in [1.165, 1.54) is 0 Å². The molecule has 4 aliphatic rings. The predicted octanol–water partition coefficient (Wildman–Crippen LogP) is -13.1. The molecular formula is C34H56N2O29. The van der Waals surface area contributed by atoms with Gasteiger partial charge in [0.1, 0.15) is 98.7 Å². The zero-order chi connectivity index (χ0) is 48.9. The minimum atomic E-state index is -3.42. The third-order valence-electron chi connectivity index (χ3n) is 11.2. The third kappa shape index (κ3) is 11.6. The second-order valence-electron chi connectivity index (χ2n) is 15.5. The number of ether oxygens (including phenoxy) is 7. The molecule has 20 N–H and O–H groups in total. The topological polar surface area (TPSA) is 521 Å². The van der Waals surface area contributed by atoms with Crippen LogP contribution < -0.4 is 10.6 Å². The number of carbonyl (C=O) groups is 4. The van der Waals surface area contributed by atoms with Gasteiger partial charge in [0.15, 0.2) is 12.6 Å². The second-order valence-corrected chi connectivity index (χ2v) is 15.5. The standard InChI is InChI=1S/C34H56N2O29/c37-3-11(45)19(48)26-17(35-15(46)7-41)9(43)1-33(63-26,31(55)56)62-13(5-39)21(50)27-18(36-16(47)8-42)10(44)2-34(64-27,32(57)58)65-28-20(49)12(4-38)60-30(24(28)53)61-25-14(6-40)59-29(54)23(52)22(25)51/h9-14,17-30,37-45,48-54H,1-8H2,(H,35,46)(H,36,47)(H,55,56)(H,57,58)/t9-,10-,11+,12+,13+,14+,17+,18+,19+,20-,21+,22+,23+,24+,25+,26+,27+,28-,29?,30-,33+,34-/m0/s1. The van der Waals surface area contributed by atoms with Crippen molar-refractivity contribution in [3.05, 3.63) is 0 Å². The van der Waals surface area contributed by atoms with E-state index in [1.807, 2.05) is 10.6 Å². The molecule has 22 atom stereocenters. The zero-order valence-electron chi connectivity index (χ0n) is 33.7. The summed E-state index contributed by atoms with van der Waals surface area (Å²) in [7, 11) is 0. The summed E-state index contributed by atoms with van der Waals surface area (Å²) in [4.78, 5) is 50.6. The second kappa shape index (κ2) is 22.8. The molecule has 31 nitrogen and oxygen atoms in total. The highest BCUT2D eigenvalue weighted by molar-refractivity contribution is 5.79. The molecule has 4 aliphatic heterocycles. The molecule has 0 aromatic carbocycles. The van der Waals surface area contributed by atoms with E-state index >= 15 is 0 Å². The largest absolute Gasteiger partial charge is 0.477 e. The quantitative estimate of drug-likeness (QED) is 0.0539. The van der Waals surface area contributed by atoms with Crippen molar-refractivity contribution in [3.63, 3.8) is 0 Å². The van der Waals surface area contributed by atoms with Gasteiger partial charge in [0.2, 0.25) is 11.8 Å². The number of hydrogen-bond acceptors (Lipinski definition) is 27. The van der Waals surface area contributed by atoms with E-state index < -0.39 is 210 Å². The fraction of sp³-hybridized carbons (Fsp3) is 0.882. The van der Waals surface area contributed by atoms with Gasteiger partial charge >= 0.3 is 11.9 Å². The van der Waals surface area contributed by atoms with Crippen molar-refractivity contribution in [2.45, 2.75) is 147 Å². The first kappa shape index (κ1) is 54.6. The Balaban J connectivity index is 1.73. The van der Waals surface area contributed by atoms with Crippen molar-refractivity contribution in [3.8, 4) is 0 Å². The molecule has 65 heavy (non-hydrogen) atoms. The number of amides is 2. The van der Waals surface area contributed by atoms with Crippen molar-refractivity contribution < 1.29 is 144 Å². The minimum absolute atomic E-state index is 0.983. The van der Waals surface area contributed by atoms with Gasteiger partial charge in [-0.25, -0.2) is 9.59 Å². The van der Waals surface area contributed by atoms with Gasteiger partial charge in [-0.2, -0.15) is 0 Å². The van der Waals surface area contributed by atoms with Crippen LogP contribution >= 0.6 is 0 Å². The summed E-state index contributed by atoms with van der Waals surface area (Å²) >= 11 is 0. The Bertz CT molecular complexity index is 1600. The number of nitrogens with one attached hydrogen (secondary N) is 2. The fourth-order valence-electron chi connectivity index (χ4n) is 7.75. The first-order chi connectivity index (χ1) is 30.5. The Morgan fingerprint density at radius 2 is 1.12 bits per heavy atom. The SMILES string of the molecule is O=C(CO)N[C@H]1[C@H]([C@H](O)[C@H](O)CO)O[C@@](O[C@H](CO)[C@@H](O)[C@@H]2O[C@@](O[C@H]3[C@@H](O)[C@@H](CO)O[C@@H](O[C@H]4[C@H](O)[C@@H](O)C(O)O[C@@H]4CO)[C@@H]3O)(C(=O)O)C[C@H](O)[C@H]2NC(=O)CO)(C(=O)O)C[C@@H]1O. The highest BCUT2D eigenvalue weighted by atomic mass is 16.8. The molecular weight excluding hydrogens is 900 g/mol. The molecule has 0 saturated carbocycles. The van der Waals surface area contributed by atoms with E-state index in [4.69, 9.17) is 33.2 Å². The highest BCUT2D eigenvalue weighted by Crippen LogP contribution is 2.40. The number of carboxylic acid groups (broad SMARTS) is 2. The Kier molecular flexibility index (Phi) is 19.2. The molecule has 0 aromatic rings. The van der Waals surface area contributed by atoms with Crippen LogP contribution in [0.5, 0.6) is 0 Å². The van der Waals surface area contributed by atoms with Gasteiger partial charge in [-0.15, -0.1) is 0 Å². The van der Waals surface area contributed by atoms with E-state index in [1.54, 1.807) is 0 Å². The van der Waals surface area contributed by atoms with Gasteiger partial charge in [-0.05, 0) is 0 Å². The van der Waals surface area contributed by atoms with Gasteiger partial charge in [-0.1, -0.05) is 0 Å². The summed E-state index contributed by atoms with van der Waals surface area (Å²) in [5.74, 6) is -13.7. The normalized spacial score (nSPS) is 42.0. The van der Waals surface area contributed by atoms with Gasteiger partial charge in [0.05, 0.1) is 50.7 Å². The molecule has 376 valence electrons. The van der Waals surface area contributed by atoms with Crippen LogP contribution in [-0.4, -0.2) is 289 Å². The van der Waals surface area contributed by atoms with E-state index in [0.29, 0.717) is 0 Å². The molecule has 0 aliphatic carbocycles. The number of hydrogen-bond donors (Lipinski definition) is 20. The summed E-state index contributed by atoms with van der Waals surface area (Å²) in [5.41, 5.74) is 0. The maximum Gasteiger partial charge on any atom is 0.364 e. The van der Waals surface area contributed by atoms with Gasteiger partial charge in [-0.3, -0.25) is 9.59 Å². The van der Waals surface area contributed by atoms with Crippen LogP contribution in [0, 0.1) is 0 Å². The lowest BCUT2D eigenvalue weighted by molar-refractivity contribution is -0.387. The van der Waals surface area contributed by atoms with Crippen LogP contribution in [0.4, 0.5) is 0 Å². The third-order valence-corrected chi connectivity index (χ3v) is 11.2. The number of rotatable bonds is 20. The monoisotopic (exact) mass is 956 g/mol. The van der Waals surface area contributed by atoms with Crippen molar-refractivity contribution >= 4 is 23.8 Å². The van der Waals surface area contributed by atoms with Crippen LogP contribution in [-0.2, 0) is 52.3 Å². The van der Waals surface area contributed by atoms with Crippen molar-refractivity contribution in [1.82, 2.24) is 10.6 Å². The summed E-state index contributed by atoms with van der Waals surface area (Å²) in [6.45, 7) is -7.36. The fourth-order valence-corrected chi connectivity index (χ4v) is 7.75. The number of aliphatic carboxylic acids is 2. The van der Waals surface area contributed by atoms with E-state index in [-0.39, 0.29) is 0 Å². The Labute approximate surface area is 365 Å². The van der Waals surface area contributed by atoms with Crippen LogP contribution in [0.1, 0.15) is 12.8 Å². The van der Waals surface area contributed by atoms with Gasteiger partial charge < -0.3 is 136 Å². The van der Waals surface area contributed by atoms with Crippen LogP contribution in [0.2, 0.25) is 0 Å². The highest BCUT2D eigenvalue weighted by Gasteiger charge is 2.62. The molecule has 31 heteroatoms. The van der Waals surface area contributed by atoms with Crippen molar-refractivity contribution in [1.29, 1.82) is 0 Å². The van der Waals surface area contributed by atoms with E-state index in [0.717, 1.165) is 0 Å². The Morgan fingerprint density at radius 3 is 1.60 bits per heavy atom. The van der Waals surface area contributed by atoms with Crippen molar-refractivity contribution in [2.24, 2.45) is 0 Å². The molecule has 2 amide bonds. The Morgan fingerprint density at radius 1 is 0.615 bits per heavy atom. The average molecular weight is 957 g/mol. The minimum Gasteiger partial charge on any atom is -0.477 e. The lowest BCUT2D eigenvalue weighted by Gasteiger charge is -2.51. The average Bonchev–Trinajstić information content (AvgIpc) is 3.27. The van der Waals surface area contributed by atoms with Gasteiger partial charge in [0.25, 0.3) is 11.6 Å². The summed E-state index contributed by atoms with van der Waals surface area (Å²) < 4.78 is 38.2. The molecule has 1 unspecified atom stereocenters. The van der Waals surface area contributed by atoms with Gasteiger partial charge in [0, 0.05) is 12.8 Å². The van der Waals surface area contributed by atoms with Crippen molar-refractivity contribution in [2.75, 3.05) is 39.6 Å². The molecule has 4 rings (SSSR count). The number of aliphatic hydroxyl groups excluding tert-OH is 16. The van der Waals surface area contributed by atoms with Crippen LogP contribution in [0.25, 0.3) is 0 Å². The van der Waals surface area contributed by atoms with E-state index in [9.17, 15) is 111 Å². The number of aliphatic hydroxyl groups is 16. The summed E-state index contributed by atoms with van der Waals surface area (Å²) in [6, 6.07) is -3.93. The molecule has 0 radical (unpaired) electrons. The molecule has 0 aromatic heterocycles. The number of carbonyl (C=O) groups excluding carboxylic acids is 2. The molecule has 4 fully saturated rings. The maximum atomic E-state index is 13.2. The lowest BCUT2D eigenvalue weighted by atomic mass is 9.87. The van der Waals surface area contributed by atoms with Crippen LogP contribution in [0.15, 0.2) is 0 Å². The summed E-state index contributed by atoms with van der Waals surface area (Å²) in [6.07, 6.45) is -42.2. The molecule has 0 spiro atoms. The lowest BCUT2D eigenvalue weighted by Crippen LogP contribution is -2.72.